The Bertz CT molecular complexity index is 1080. The van der Waals surface area contributed by atoms with Gasteiger partial charge in [-0.3, -0.25) is 10.3 Å². The van der Waals surface area contributed by atoms with Gasteiger partial charge in [0.1, 0.15) is 11.9 Å². The van der Waals surface area contributed by atoms with Gasteiger partial charge in [0.05, 0.1) is 13.7 Å². The van der Waals surface area contributed by atoms with E-state index >= 15 is 0 Å². The molecule has 1 heterocycles. The Labute approximate surface area is 183 Å². The summed E-state index contributed by atoms with van der Waals surface area (Å²) in [6.45, 7) is 4.48. The summed E-state index contributed by atoms with van der Waals surface area (Å²) in [5.41, 5.74) is 5.03. The molecule has 2 atom stereocenters. The van der Waals surface area contributed by atoms with E-state index in [1.807, 2.05) is 43.3 Å². The summed E-state index contributed by atoms with van der Waals surface area (Å²) in [4.78, 5) is 5.04. The lowest BCUT2D eigenvalue weighted by atomic mass is 9.93. The Hall–Kier alpha value is -3.31. The van der Waals surface area contributed by atoms with Crippen LogP contribution in [0.5, 0.6) is 17.2 Å². The minimum atomic E-state index is -0.304. The van der Waals surface area contributed by atoms with Gasteiger partial charge in [-0.15, -0.1) is 0 Å². The lowest BCUT2D eigenvalue weighted by Gasteiger charge is -2.31. The predicted octanol–water partition coefficient (Wildman–Crippen LogP) is 5.33. The van der Waals surface area contributed by atoms with Crippen LogP contribution >= 0.6 is 0 Å². The number of ether oxygens (including phenoxy) is 2. The molecule has 0 aliphatic carbocycles. The topological polar surface area (TPSA) is 63.1 Å². The molecule has 4 rings (SSSR count). The zero-order valence-corrected chi connectivity index (χ0v) is 18.1. The van der Waals surface area contributed by atoms with Crippen LogP contribution in [0.4, 0.5) is 0 Å². The number of aryl methyl sites for hydroxylation is 1. The molecule has 0 amide bonds. The third kappa shape index (κ3) is 4.42. The molecule has 2 N–H and O–H groups in total. The number of nitrogens with zero attached hydrogens (tertiary/aromatic N) is 1. The van der Waals surface area contributed by atoms with Crippen LogP contribution < -0.4 is 14.8 Å². The standard InChI is InChI=1S/C26H28N2O3/c1-4-31-24-11-7-9-19(25(24)29)22-16-21(18-14-12-17(2)13-15-18)27-26(28-22)20-8-5-6-10-23(20)30-3/h5-15,22,26,28-29H,4,16H2,1-3H3/t22-,26+/m1/s1. The van der Waals surface area contributed by atoms with E-state index in [-0.39, 0.29) is 18.0 Å². The van der Waals surface area contributed by atoms with Gasteiger partial charge in [0.15, 0.2) is 11.5 Å². The molecule has 5 nitrogen and oxygen atoms in total. The zero-order chi connectivity index (χ0) is 21.8. The van der Waals surface area contributed by atoms with E-state index < -0.39 is 0 Å². The second-order valence-corrected chi connectivity index (χ2v) is 7.64. The molecule has 0 saturated carbocycles. The molecule has 5 heteroatoms. The highest BCUT2D eigenvalue weighted by molar-refractivity contribution is 6.01. The quantitative estimate of drug-likeness (QED) is 0.570. The molecule has 0 radical (unpaired) electrons. The average molecular weight is 417 g/mol. The zero-order valence-electron chi connectivity index (χ0n) is 18.1. The van der Waals surface area contributed by atoms with Crippen molar-refractivity contribution < 1.29 is 14.6 Å². The second kappa shape index (κ2) is 9.23. The van der Waals surface area contributed by atoms with Crippen molar-refractivity contribution in [2.45, 2.75) is 32.5 Å². The first-order valence-electron chi connectivity index (χ1n) is 10.6. The molecule has 0 spiro atoms. The van der Waals surface area contributed by atoms with Gasteiger partial charge in [0.25, 0.3) is 0 Å². The number of phenolic OH excluding ortho intramolecular Hbond substituents is 1. The summed E-state index contributed by atoms with van der Waals surface area (Å²) in [6.07, 6.45) is 0.346. The molecule has 0 aromatic heterocycles. The summed E-state index contributed by atoms with van der Waals surface area (Å²) >= 11 is 0. The van der Waals surface area contributed by atoms with Crippen molar-refractivity contribution in [3.63, 3.8) is 0 Å². The molecular weight excluding hydrogens is 388 g/mol. The minimum Gasteiger partial charge on any atom is -0.504 e. The Morgan fingerprint density at radius 2 is 1.68 bits per heavy atom. The smallest absolute Gasteiger partial charge is 0.162 e. The monoisotopic (exact) mass is 416 g/mol. The lowest BCUT2D eigenvalue weighted by Crippen LogP contribution is -2.33. The summed E-state index contributed by atoms with van der Waals surface area (Å²) in [6, 6.07) is 21.8. The first-order valence-corrected chi connectivity index (χ1v) is 10.6. The highest BCUT2D eigenvalue weighted by Crippen LogP contribution is 2.40. The highest BCUT2D eigenvalue weighted by atomic mass is 16.5. The summed E-state index contributed by atoms with van der Waals surface area (Å²) in [5, 5.41) is 14.5. The summed E-state index contributed by atoms with van der Waals surface area (Å²) < 4.78 is 11.2. The van der Waals surface area contributed by atoms with Gasteiger partial charge >= 0.3 is 0 Å². The van der Waals surface area contributed by atoms with E-state index in [2.05, 4.69) is 36.5 Å². The van der Waals surface area contributed by atoms with E-state index in [1.54, 1.807) is 13.2 Å². The van der Waals surface area contributed by atoms with E-state index in [1.165, 1.54) is 5.56 Å². The summed E-state index contributed by atoms with van der Waals surface area (Å²) in [7, 11) is 1.67. The molecule has 1 aliphatic heterocycles. The first kappa shape index (κ1) is 20.9. The van der Waals surface area contributed by atoms with Crippen molar-refractivity contribution in [2.24, 2.45) is 4.99 Å². The predicted molar refractivity (Wildman–Crippen MR) is 123 cm³/mol. The highest BCUT2D eigenvalue weighted by Gasteiger charge is 2.29. The van der Waals surface area contributed by atoms with Gasteiger partial charge in [-0.05, 0) is 31.5 Å². The van der Waals surface area contributed by atoms with Crippen molar-refractivity contribution in [1.82, 2.24) is 5.32 Å². The van der Waals surface area contributed by atoms with Gasteiger partial charge in [0, 0.05) is 29.3 Å². The maximum atomic E-state index is 10.9. The van der Waals surface area contributed by atoms with Gasteiger partial charge in [-0.25, -0.2) is 0 Å². The molecule has 0 unspecified atom stereocenters. The number of para-hydroxylation sites is 2. The molecule has 0 saturated heterocycles. The van der Waals surface area contributed by atoms with E-state index in [9.17, 15) is 5.11 Å². The number of rotatable bonds is 6. The van der Waals surface area contributed by atoms with Gasteiger partial charge in [0.2, 0.25) is 0 Å². The molecule has 3 aromatic rings. The van der Waals surface area contributed by atoms with E-state index in [4.69, 9.17) is 14.5 Å². The summed E-state index contributed by atoms with van der Waals surface area (Å²) in [5.74, 6) is 1.45. The molecule has 0 bridgehead atoms. The maximum absolute atomic E-state index is 10.9. The number of hydrogen-bond acceptors (Lipinski definition) is 5. The number of hydrogen-bond donors (Lipinski definition) is 2. The van der Waals surface area contributed by atoms with Crippen LogP contribution in [-0.2, 0) is 0 Å². The van der Waals surface area contributed by atoms with Crippen molar-refractivity contribution in [3.05, 3.63) is 89.0 Å². The molecule has 0 fully saturated rings. The number of benzene rings is 3. The lowest BCUT2D eigenvalue weighted by molar-refractivity contribution is 0.313. The molecule has 160 valence electrons. The average Bonchev–Trinajstić information content (AvgIpc) is 2.80. The second-order valence-electron chi connectivity index (χ2n) is 7.64. The molecule has 3 aromatic carbocycles. The minimum absolute atomic E-state index is 0.135. The fourth-order valence-electron chi connectivity index (χ4n) is 3.97. The van der Waals surface area contributed by atoms with Crippen LogP contribution in [0.3, 0.4) is 0 Å². The van der Waals surface area contributed by atoms with Crippen LogP contribution in [0.25, 0.3) is 0 Å². The van der Waals surface area contributed by atoms with Gasteiger partial charge in [-0.2, -0.15) is 0 Å². The van der Waals surface area contributed by atoms with Crippen LogP contribution in [0, 0.1) is 6.92 Å². The Morgan fingerprint density at radius 1 is 0.968 bits per heavy atom. The van der Waals surface area contributed by atoms with E-state index in [0.29, 0.717) is 18.8 Å². The molecule has 1 aliphatic rings. The maximum Gasteiger partial charge on any atom is 0.162 e. The van der Waals surface area contributed by atoms with Crippen molar-refractivity contribution in [1.29, 1.82) is 0 Å². The molecule has 31 heavy (non-hydrogen) atoms. The number of aliphatic imine (C=N–C) groups is 1. The van der Waals surface area contributed by atoms with Crippen LogP contribution in [0.15, 0.2) is 71.7 Å². The number of phenols is 1. The number of methoxy groups -OCH3 is 1. The van der Waals surface area contributed by atoms with Crippen LogP contribution in [0.1, 0.15) is 47.8 Å². The fourth-order valence-corrected chi connectivity index (χ4v) is 3.97. The van der Waals surface area contributed by atoms with Gasteiger partial charge < -0.3 is 14.6 Å². The van der Waals surface area contributed by atoms with Crippen molar-refractivity contribution in [3.8, 4) is 17.2 Å². The Balaban J connectivity index is 1.78. The van der Waals surface area contributed by atoms with Crippen molar-refractivity contribution >= 4 is 5.71 Å². The SMILES string of the molecule is CCOc1cccc([C@H]2CC(c3ccc(C)cc3)=N[C@H](c3ccccc3OC)N2)c1O. The first-order chi connectivity index (χ1) is 15.1. The van der Waals surface area contributed by atoms with Crippen LogP contribution in [0.2, 0.25) is 0 Å². The number of aromatic hydroxyl groups is 1. The van der Waals surface area contributed by atoms with Gasteiger partial charge in [-0.1, -0.05) is 60.2 Å². The largest absolute Gasteiger partial charge is 0.504 e. The number of nitrogens with one attached hydrogen (secondary N) is 1. The third-order valence-corrected chi connectivity index (χ3v) is 5.57. The fraction of sp³-hybridized carbons (Fsp3) is 0.269. The Morgan fingerprint density at radius 3 is 2.42 bits per heavy atom. The normalized spacial score (nSPS) is 18.4. The van der Waals surface area contributed by atoms with E-state index in [0.717, 1.165) is 28.2 Å². The third-order valence-electron chi connectivity index (χ3n) is 5.57. The molecular formula is C26H28N2O3. The van der Waals surface area contributed by atoms with Crippen LogP contribution in [-0.4, -0.2) is 24.5 Å². The van der Waals surface area contributed by atoms with Crippen molar-refractivity contribution in [2.75, 3.05) is 13.7 Å². The Kier molecular flexibility index (Phi) is 6.23.